The molecule has 0 bridgehead atoms. The minimum atomic E-state index is -0.513. The van der Waals surface area contributed by atoms with Gasteiger partial charge in [0.1, 0.15) is 17.4 Å². The summed E-state index contributed by atoms with van der Waals surface area (Å²) in [5.41, 5.74) is 6.40. The third-order valence-electron chi connectivity index (χ3n) is 3.65. The largest absolute Gasteiger partial charge is 0.492 e. The molecule has 1 aliphatic carbocycles. The Kier molecular flexibility index (Phi) is 1.98. The van der Waals surface area contributed by atoms with Crippen LogP contribution in [0.15, 0.2) is 6.07 Å². The second-order valence-corrected chi connectivity index (χ2v) is 4.61. The molecule has 1 aromatic carbocycles. The van der Waals surface area contributed by atoms with E-state index in [0.29, 0.717) is 36.4 Å². The van der Waals surface area contributed by atoms with Gasteiger partial charge in [-0.2, -0.15) is 0 Å². The van der Waals surface area contributed by atoms with Gasteiger partial charge in [-0.15, -0.1) is 0 Å². The number of hydrogen-bond acceptors (Lipinski definition) is 2. The van der Waals surface area contributed by atoms with E-state index in [4.69, 9.17) is 10.5 Å². The fourth-order valence-corrected chi connectivity index (χ4v) is 2.49. The van der Waals surface area contributed by atoms with Gasteiger partial charge in [0.15, 0.2) is 0 Å². The number of benzene rings is 1. The molecule has 1 saturated carbocycles. The van der Waals surface area contributed by atoms with Crippen molar-refractivity contribution in [1.82, 2.24) is 0 Å². The monoisotopic (exact) mass is 225 g/mol. The van der Waals surface area contributed by atoms with E-state index < -0.39 is 11.6 Å². The molecule has 0 spiro atoms. The fourth-order valence-electron chi connectivity index (χ4n) is 2.49. The van der Waals surface area contributed by atoms with Crippen LogP contribution in [0.5, 0.6) is 5.75 Å². The van der Waals surface area contributed by atoms with E-state index in [9.17, 15) is 8.78 Å². The number of halogens is 2. The highest BCUT2D eigenvalue weighted by atomic mass is 19.1. The summed E-state index contributed by atoms with van der Waals surface area (Å²) in [7, 11) is 0. The highest BCUT2D eigenvalue weighted by Crippen LogP contribution is 2.53. The summed E-state index contributed by atoms with van der Waals surface area (Å²) in [6.45, 7) is 0.828. The minimum absolute atomic E-state index is 0.299. The van der Waals surface area contributed by atoms with E-state index in [1.165, 1.54) is 0 Å². The summed E-state index contributed by atoms with van der Waals surface area (Å²) < 4.78 is 32.7. The van der Waals surface area contributed by atoms with E-state index in [1.807, 2.05) is 0 Å². The lowest BCUT2D eigenvalue weighted by Gasteiger charge is -2.17. The van der Waals surface area contributed by atoms with Crippen LogP contribution in [0.25, 0.3) is 0 Å². The van der Waals surface area contributed by atoms with Crippen molar-refractivity contribution in [2.45, 2.75) is 24.7 Å². The average molecular weight is 225 g/mol. The summed E-state index contributed by atoms with van der Waals surface area (Å²) in [6.07, 6.45) is 2.25. The molecule has 2 nitrogen and oxygen atoms in total. The van der Waals surface area contributed by atoms with Crippen LogP contribution in [0.2, 0.25) is 0 Å². The second kappa shape index (κ2) is 3.17. The SMILES string of the molecule is NCC1(c2c(F)cc(F)c3c2OCC3)CC1. The summed E-state index contributed by atoms with van der Waals surface area (Å²) in [5.74, 6) is -0.594. The molecule has 86 valence electrons. The molecule has 16 heavy (non-hydrogen) atoms. The average Bonchev–Trinajstić information content (AvgIpc) is 2.87. The topological polar surface area (TPSA) is 35.2 Å². The maximum atomic E-state index is 13.9. The molecule has 0 amide bonds. The van der Waals surface area contributed by atoms with E-state index in [0.717, 1.165) is 18.9 Å². The van der Waals surface area contributed by atoms with Crippen molar-refractivity contribution in [3.63, 3.8) is 0 Å². The zero-order chi connectivity index (χ0) is 11.3. The lowest BCUT2D eigenvalue weighted by Crippen LogP contribution is -2.22. The van der Waals surface area contributed by atoms with Crippen molar-refractivity contribution in [3.05, 3.63) is 28.8 Å². The quantitative estimate of drug-likeness (QED) is 0.834. The van der Waals surface area contributed by atoms with Crippen LogP contribution < -0.4 is 10.5 Å². The standard InChI is InChI=1S/C12H13F2NO/c13-8-5-9(14)10(12(6-15)2-3-12)11-7(8)1-4-16-11/h5H,1-4,6,15H2. The van der Waals surface area contributed by atoms with Gasteiger partial charge in [-0.25, -0.2) is 8.78 Å². The Morgan fingerprint density at radius 2 is 2.06 bits per heavy atom. The summed E-state index contributed by atoms with van der Waals surface area (Å²) in [6, 6.07) is 0.971. The molecule has 1 aromatic rings. The van der Waals surface area contributed by atoms with Crippen molar-refractivity contribution in [1.29, 1.82) is 0 Å². The predicted octanol–water partition coefficient (Wildman–Crippen LogP) is 1.89. The molecular formula is C12H13F2NO. The summed E-state index contributed by atoms with van der Waals surface area (Å²) >= 11 is 0. The first kappa shape index (κ1) is 10.0. The maximum absolute atomic E-state index is 13.9. The Bertz CT molecular complexity index is 455. The van der Waals surface area contributed by atoms with Gasteiger partial charge in [-0.3, -0.25) is 0 Å². The Balaban J connectivity index is 2.22. The fraction of sp³-hybridized carbons (Fsp3) is 0.500. The third kappa shape index (κ3) is 1.19. The van der Waals surface area contributed by atoms with Crippen molar-refractivity contribution >= 4 is 0 Å². The van der Waals surface area contributed by atoms with Gasteiger partial charge in [0.2, 0.25) is 0 Å². The molecule has 1 aliphatic heterocycles. The van der Waals surface area contributed by atoms with Crippen molar-refractivity contribution in [3.8, 4) is 5.75 Å². The Morgan fingerprint density at radius 3 is 2.69 bits per heavy atom. The highest BCUT2D eigenvalue weighted by molar-refractivity contribution is 5.52. The first-order valence-corrected chi connectivity index (χ1v) is 5.52. The predicted molar refractivity (Wildman–Crippen MR) is 55.5 cm³/mol. The van der Waals surface area contributed by atoms with Crippen LogP contribution >= 0.6 is 0 Å². The van der Waals surface area contributed by atoms with E-state index >= 15 is 0 Å². The van der Waals surface area contributed by atoms with Crippen LogP contribution in [0.4, 0.5) is 8.78 Å². The zero-order valence-corrected chi connectivity index (χ0v) is 8.85. The number of rotatable bonds is 2. The number of fused-ring (bicyclic) bond motifs is 1. The molecule has 2 aliphatic rings. The van der Waals surface area contributed by atoms with Gasteiger partial charge < -0.3 is 10.5 Å². The van der Waals surface area contributed by atoms with Crippen molar-refractivity contribution < 1.29 is 13.5 Å². The molecule has 0 atom stereocenters. The second-order valence-electron chi connectivity index (χ2n) is 4.61. The Hall–Kier alpha value is -1.16. The van der Waals surface area contributed by atoms with Gasteiger partial charge in [0.05, 0.1) is 6.61 Å². The molecule has 4 heteroatoms. The van der Waals surface area contributed by atoms with Gasteiger partial charge in [0.25, 0.3) is 0 Å². The molecule has 0 aromatic heterocycles. The summed E-state index contributed by atoms with van der Waals surface area (Å²) in [5, 5.41) is 0. The normalized spacial score (nSPS) is 20.4. The molecular weight excluding hydrogens is 212 g/mol. The van der Waals surface area contributed by atoms with Gasteiger partial charge in [-0.05, 0) is 12.8 Å². The van der Waals surface area contributed by atoms with Crippen molar-refractivity contribution in [2.75, 3.05) is 13.2 Å². The van der Waals surface area contributed by atoms with Crippen molar-refractivity contribution in [2.24, 2.45) is 5.73 Å². The highest BCUT2D eigenvalue weighted by Gasteiger charge is 2.48. The van der Waals surface area contributed by atoms with Crippen LogP contribution in [0.1, 0.15) is 24.0 Å². The van der Waals surface area contributed by atoms with E-state index in [2.05, 4.69) is 0 Å². The van der Waals surface area contributed by atoms with Crippen LogP contribution in [-0.2, 0) is 11.8 Å². The maximum Gasteiger partial charge on any atom is 0.133 e. The smallest absolute Gasteiger partial charge is 0.133 e. The number of hydrogen-bond donors (Lipinski definition) is 1. The minimum Gasteiger partial charge on any atom is -0.492 e. The lowest BCUT2D eigenvalue weighted by atomic mass is 9.92. The van der Waals surface area contributed by atoms with E-state index in [-0.39, 0.29) is 5.41 Å². The molecule has 1 heterocycles. The number of nitrogens with two attached hydrogens (primary N) is 1. The lowest BCUT2D eigenvalue weighted by molar-refractivity contribution is 0.346. The van der Waals surface area contributed by atoms with Gasteiger partial charge in [0, 0.05) is 35.6 Å². The molecule has 2 N–H and O–H groups in total. The van der Waals surface area contributed by atoms with Gasteiger partial charge >= 0.3 is 0 Å². The Morgan fingerprint density at radius 1 is 1.31 bits per heavy atom. The van der Waals surface area contributed by atoms with Gasteiger partial charge in [-0.1, -0.05) is 0 Å². The van der Waals surface area contributed by atoms with Crippen LogP contribution in [0.3, 0.4) is 0 Å². The number of ether oxygens (including phenoxy) is 1. The first-order valence-electron chi connectivity index (χ1n) is 5.52. The van der Waals surface area contributed by atoms with Crippen LogP contribution in [-0.4, -0.2) is 13.2 Å². The zero-order valence-electron chi connectivity index (χ0n) is 8.85. The Labute approximate surface area is 92.4 Å². The first-order chi connectivity index (χ1) is 7.68. The molecule has 0 radical (unpaired) electrons. The molecule has 1 fully saturated rings. The summed E-state index contributed by atoms with van der Waals surface area (Å²) in [4.78, 5) is 0. The molecule has 0 unspecified atom stereocenters. The molecule has 3 rings (SSSR count). The van der Waals surface area contributed by atoms with E-state index in [1.54, 1.807) is 0 Å². The molecule has 0 saturated heterocycles. The third-order valence-corrected chi connectivity index (χ3v) is 3.65. The van der Waals surface area contributed by atoms with Crippen LogP contribution in [0, 0.1) is 11.6 Å².